The zero-order valence-corrected chi connectivity index (χ0v) is 17.0. The van der Waals surface area contributed by atoms with Gasteiger partial charge in [0.1, 0.15) is 11.3 Å². The van der Waals surface area contributed by atoms with Crippen molar-refractivity contribution in [1.82, 2.24) is 10.4 Å². The molecule has 2 aromatic carbocycles. The molecule has 8 nitrogen and oxygen atoms in total. The maximum atomic E-state index is 12.1. The van der Waals surface area contributed by atoms with E-state index in [1.165, 1.54) is 30.0 Å². The van der Waals surface area contributed by atoms with Crippen molar-refractivity contribution in [3.05, 3.63) is 99.4 Å². The summed E-state index contributed by atoms with van der Waals surface area (Å²) >= 11 is 0. The Balaban J connectivity index is 1.49. The summed E-state index contributed by atoms with van der Waals surface area (Å²) < 4.78 is 5.74. The largest absolute Gasteiger partial charge is 0.493 e. The minimum Gasteiger partial charge on any atom is -0.493 e. The number of carbonyl (C=O) groups excluding carboxylic acids is 1. The molecule has 31 heavy (non-hydrogen) atoms. The van der Waals surface area contributed by atoms with Gasteiger partial charge >= 0.3 is 0 Å². The maximum absolute atomic E-state index is 12.1. The Labute approximate surface area is 179 Å². The number of aromatic nitrogens is 1. The molecule has 0 atom stereocenters. The van der Waals surface area contributed by atoms with Gasteiger partial charge in [0.25, 0.3) is 11.6 Å². The van der Waals surface area contributed by atoms with Gasteiger partial charge in [-0.3, -0.25) is 19.9 Å². The number of rotatable bonds is 9. The van der Waals surface area contributed by atoms with Gasteiger partial charge < -0.3 is 4.74 Å². The standard InChI is InChI=1S/C23H22N4O4/c1-2-17-7-10-19(24-15-17)13-14-31-20-11-8-18(9-12-20)16-25-26-23(28)21-5-3-4-6-22(21)27(29)30/h3-12,15-16H,2,13-14H2,1H3,(H,26,28)/b25-16+. The lowest BCUT2D eigenvalue weighted by molar-refractivity contribution is -0.385. The molecule has 8 heteroatoms. The molecular formula is C23H22N4O4. The SMILES string of the molecule is CCc1ccc(CCOc2ccc(/C=N/NC(=O)c3ccccc3[N+](=O)[O-])cc2)nc1. The van der Waals surface area contributed by atoms with Crippen molar-refractivity contribution < 1.29 is 14.5 Å². The summed E-state index contributed by atoms with van der Waals surface area (Å²) in [6.07, 6.45) is 5.02. The fourth-order valence-corrected chi connectivity index (χ4v) is 2.79. The van der Waals surface area contributed by atoms with E-state index in [0.29, 0.717) is 18.8 Å². The van der Waals surface area contributed by atoms with Crippen LogP contribution in [0, 0.1) is 10.1 Å². The van der Waals surface area contributed by atoms with Crippen LogP contribution < -0.4 is 10.2 Å². The highest BCUT2D eigenvalue weighted by Crippen LogP contribution is 2.17. The van der Waals surface area contributed by atoms with Gasteiger partial charge in [0.2, 0.25) is 0 Å². The molecule has 0 radical (unpaired) electrons. The monoisotopic (exact) mass is 418 g/mol. The first-order chi connectivity index (χ1) is 15.1. The summed E-state index contributed by atoms with van der Waals surface area (Å²) in [5, 5.41) is 14.9. The third kappa shape index (κ3) is 6.20. The highest BCUT2D eigenvalue weighted by Gasteiger charge is 2.18. The molecule has 3 aromatic rings. The van der Waals surface area contributed by atoms with Crippen LogP contribution in [0.5, 0.6) is 5.75 Å². The third-order valence-electron chi connectivity index (χ3n) is 4.53. The third-order valence-corrected chi connectivity index (χ3v) is 4.53. The van der Waals surface area contributed by atoms with Crippen LogP contribution in [0.2, 0.25) is 0 Å². The van der Waals surface area contributed by atoms with Gasteiger partial charge in [-0.05, 0) is 53.9 Å². The molecule has 0 aliphatic rings. The lowest BCUT2D eigenvalue weighted by atomic mass is 10.2. The summed E-state index contributed by atoms with van der Waals surface area (Å²) in [6.45, 7) is 2.61. The van der Waals surface area contributed by atoms with Gasteiger partial charge in [0.15, 0.2) is 0 Å². The van der Waals surface area contributed by atoms with Crippen molar-refractivity contribution in [3.8, 4) is 5.75 Å². The molecule has 1 aromatic heterocycles. The predicted octanol–water partition coefficient (Wildman–Crippen LogP) is 3.94. The van der Waals surface area contributed by atoms with Crippen LogP contribution in [-0.4, -0.2) is 28.6 Å². The molecule has 1 heterocycles. The van der Waals surface area contributed by atoms with Crippen LogP contribution >= 0.6 is 0 Å². The number of pyridine rings is 1. The molecule has 1 amide bonds. The first-order valence-corrected chi connectivity index (χ1v) is 9.80. The van der Waals surface area contributed by atoms with E-state index in [-0.39, 0.29) is 11.3 Å². The van der Waals surface area contributed by atoms with E-state index in [4.69, 9.17) is 4.74 Å². The fourth-order valence-electron chi connectivity index (χ4n) is 2.79. The van der Waals surface area contributed by atoms with E-state index in [1.54, 1.807) is 30.3 Å². The van der Waals surface area contributed by atoms with Crippen LogP contribution in [0.1, 0.15) is 34.1 Å². The van der Waals surface area contributed by atoms with Crippen molar-refractivity contribution in [2.45, 2.75) is 19.8 Å². The van der Waals surface area contributed by atoms with Gasteiger partial charge in [-0.25, -0.2) is 5.43 Å². The number of nitrogens with zero attached hydrogens (tertiary/aromatic N) is 3. The number of ether oxygens (including phenoxy) is 1. The minimum absolute atomic E-state index is 0.0489. The number of nitro groups is 1. The summed E-state index contributed by atoms with van der Waals surface area (Å²) in [5.41, 5.74) is 4.92. The number of benzene rings is 2. The zero-order valence-electron chi connectivity index (χ0n) is 17.0. The second-order valence-electron chi connectivity index (χ2n) is 6.65. The van der Waals surface area contributed by atoms with E-state index in [0.717, 1.165) is 17.7 Å². The van der Waals surface area contributed by atoms with Crippen molar-refractivity contribution in [1.29, 1.82) is 0 Å². The Hall–Kier alpha value is -4.07. The van der Waals surface area contributed by atoms with Gasteiger partial charge in [-0.2, -0.15) is 5.10 Å². The number of nitrogens with one attached hydrogen (secondary N) is 1. The molecule has 0 aliphatic carbocycles. The van der Waals surface area contributed by atoms with Crippen LogP contribution in [0.4, 0.5) is 5.69 Å². The van der Waals surface area contributed by atoms with Crippen LogP contribution in [0.3, 0.4) is 0 Å². The molecule has 0 spiro atoms. The number of nitro benzene ring substituents is 1. The molecular weight excluding hydrogens is 396 g/mol. The number of aryl methyl sites for hydroxylation is 1. The molecule has 3 rings (SSSR count). The lowest BCUT2D eigenvalue weighted by Crippen LogP contribution is -2.18. The first kappa shape index (κ1) is 21.6. The van der Waals surface area contributed by atoms with E-state index in [1.807, 2.05) is 12.3 Å². The average molecular weight is 418 g/mol. The van der Waals surface area contributed by atoms with Gasteiger partial charge in [-0.1, -0.05) is 25.1 Å². The van der Waals surface area contributed by atoms with Gasteiger partial charge in [-0.15, -0.1) is 0 Å². The van der Waals surface area contributed by atoms with Crippen molar-refractivity contribution >= 4 is 17.8 Å². The van der Waals surface area contributed by atoms with Crippen molar-refractivity contribution in [2.75, 3.05) is 6.61 Å². The molecule has 0 saturated heterocycles. The first-order valence-electron chi connectivity index (χ1n) is 9.80. The van der Waals surface area contributed by atoms with Crippen molar-refractivity contribution in [2.24, 2.45) is 5.10 Å². The Morgan fingerprint density at radius 3 is 2.61 bits per heavy atom. The number of carbonyl (C=O) groups is 1. The Morgan fingerprint density at radius 2 is 1.94 bits per heavy atom. The van der Waals surface area contributed by atoms with E-state index in [2.05, 4.69) is 28.5 Å². The lowest BCUT2D eigenvalue weighted by Gasteiger charge is -2.06. The fraction of sp³-hybridized carbons (Fsp3) is 0.174. The molecule has 0 aliphatic heterocycles. The quantitative estimate of drug-likeness (QED) is 0.322. The second kappa shape index (κ2) is 10.6. The Bertz CT molecular complexity index is 1060. The number of amides is 1. The molecule has 0 bridgehead atoms. The molecule has 0 fully saturated rings. The van der Waals surface area contributed by atoms with Crippen LogP contribution in [-0.2, 0) is 12.8 Å². The summed E-state index contributed by atoms with van der Waals surface area (Å²) in [5.74, 6) is 0.0651. The van der Waals surface area contributed by atoms with Crippen molar-refractivity contribution in [3.63, 3.8) is 0 Å². The smallest absolute Gasteiger partial charge is 0.282 e. The Morgan fingerprint density at radius 1 is 1.16 bits per heavy atom. The van der Waals surface area contributed by atoms with E-state index >= 15 is 0 Å². The van der Waals surface area contributed by atoms with Gasteiger partial charge in [0, 0.05) is 24.4 Å². The number of hydrogen-bond acceptors (Lipinski definition) is 6. The molecule has 1 N–H and O–H groups in total. The van der Waals surface area contributed by atoms with E-state index in [9.17, 15) is 14.9 Å². The number of para-hydroxylation sites is 1. The average Bonchev–Trinajstić information content (AvgIpc) is 2.80. The number of hydrogen-bond donors (Lipinski definition) is 1. The van der Waals surface area contributed by atoms with Gasteiger partial charge in [0.05, 0.1) is 17.7 Å². The van der Waals surface area contributed by atoms with E-state index < -0.39 is 10.8 Å². The maximum Gasteiger partial charge on any atom is 0.282 e. The number of hydrazone groups is 1. The van der Waals surface area contributed by atoms with Crippen LogP contribution in [0.25, 0.3) is 0 Å². The summed E-state index contributed by atoms with van der Waals surface area (Å²) in [6, 6.07) is 17.0. The molecule has 0 saturated carbocycles. The highest BCUT2D eigenvalue weighted by molar-refractivity contribution is 5.98. The summed E-state index contributed by atoms with van der Waals surface area (Å²) in [7, 11) is 0. The van der Waals surface area contributed by atoms with Crippen LogP contribution in [0.15, 0.2) is 72.0 Å². The second-order valence-corrected chi connectivity index (χ2v) is 6.65. The normalized spacial score (nSPS) is 10.7. The minimum atomic E-state index is -0.649. The predicted molar refractivity (Wildman–Crippen MR) is 117 cm³/mol. The zero-order chi connectivity index (χ0) is 22.1. The Kier molecular flexibility index (Phi) is 7.42. The summed E-state index contributed by atoms with van der Waals surface area (Å²) in [4.78, 5) is 26.9. The molecule has 0 unspecified atom stereocenters. The molecule has 158 valence electrons. The topological polar surface area (TPSA) is 107 Å². The highest BCUT2D eigenvalue weighted by atomic mass is 16.6.